The predicted octanol–water partition coefficient (Wildman–Crippen LogP) is 1.09. The Labute approximate surface area is 114 Å². The molecule has 5 nitrogen and oxygen atoms in total. The number of nitrogens with zero attached hydrogens (tertiary/aromatic N) is 1. The van der Waals surface area contributed by atoms with Gasteiger partial charge in [-0.15, -0.1) is 0 Å². The van der Waals surface area contributed by atoms with Crippen LogP contribution in [0.1, 0.15) is 39.0 Å². The number of carboxylic acids is 1. The van der Waals surface area contributed by atoms with Crippen LogP contribution in [0.3, 0.4) is 0 Å². The summed E-state index contributed by atoms with van der Waals surface area (Å²) >= 11 is 0. The molecule has 0 aromatic carbocycles. The highest BCUT2D eigenvalue weighted by atomic mass is 16.4. The van der Waals surface area contributed by atoms with Gasteiger partial charge in [-0.2, -0.15) is 0 Å². The smallest absolute Gasteiger partial charge is 0.303 e. The van der Waals surface area contributed by atoms with Gasteiger partial charge in [0.25, 0.3) is 0 Å². The van der Waals surface area contributed by atoms with Gasteiger partial charge >= 0.3 is 5.97 Å². The highest BCUT2D eigenvalue weighted by Gasteiger charge is 2.28. The Balaban J connectivity index is 1.75. The highest BCUT2D eigenvalue weighted by molar-refractivity contribution is 5.78. The molecule has 2 fully saturated rings. The maximum absolute atomic E-state index is 11.8. The van der Waals surface area contributed by atoms with Crippen LogP contribution in [0.15, 0.2) is 0 Å². The average molecular weight is 268 g/mol. The zero-order valence-electron chi connectivity index (χ0n) is 11.6. The average Bonchev–Trinajstić information content (AvgIpc) is 3.12. The van der Waals surface area contributed by atoms with Crippen molar-refractivity contribution in [2.24, 2.45) is 11.8 Å². The van der Waals surface area contributed by atoms with Crippen LogP contribution in [0, 0.1) is 11.8 Å². The summed E-state index contributed by atoms with van der Waals surface area (Å²) in [6, 6.07) is 0.416. The van der Waals surface area contributed by atoms with Crippen molar-refractivity contribution in [3.8, 4) is 0 Å². The van der Waals surface area contributed by atoms with E-state index in [-0.39, 0.29) is 18.2 Å². The van der Waals surface area contributed by atoms with Crippen LogP contribution in [0.4, 0.5) is 0 Å². The third-order valence-corrected chi connectivity index (χ3v) is 4.15. The van der Waals surface area contributed by atoms with E-state index in [1.54, 1.807) is 0 Å². The lowest BCUT2D eigenvalue weighted by atomic mass is 9.84. The summed E-state index contributed by atoms with van der Waals surface area (Å²) in [7, 11) is 0. The second kappa shape index (κ2) is 6.37. The molecule has 2 rings (SSSR count). The third kappa shape index (κ3) is 4.82. The van der Waals surface area contributed by atoms with Crippen molar-refractivity contribution < 1.29 is 14.7 Å². The lowest BCUT2D eigenvalue weighted by Gasteiger charge is -2.35. The van der Waals surface area contributed by atoms with E-state index in [0.717, 1.165) is 38.8 Å². The van der Waals surface area contributed by atoms with Crippen molar-refractivity contribution in [1.82, 2.24) is 10.2 Å². The molecule has 0 radical (unpaired) electrons. The minimum Gasteiger partial charge on any atom is -0.481 e. The predicted molar refractivity (Wildman–Crippen MR) is 71.7 cm³/mol. The van der Waals surface area contributed by atoms with E-state index in [1.165, 1.54) is 0 Å². The highest BCUT2D eigenvalue weighted by Crippen LogP contribution is 2.26. The molecular weight excluding hydrogens is 244 g/mol. The molecule has 1 heterocycles. The molecule has 108 valence electrons. The Morgan fingerprint density at radius 3 is 2.74 bits per heavy atom. The van der Waals surface area contributed by atoms with Gasteiger partial charge in [0.2, 0.25) is 5.91 Å². The summed E-state index contributed by atoms with van der Waals surface area (Å²) in [6.07, 6.45) is 4.60. The number of likely N-dealkylation sites (tertiary alicyclic amines) is 1. The molecule has 5 heteroatoms. The lowest BCUT2D eigenvalue weighted by molar-refractivity contribution is -0.138. The zero-order valence-corrected chi connectivity index (χ0v) is 11.6. The van der Waals surface area contributed by atoms with Crippen LogP contribution < -0.4 is 5.32 Å². The molecule has 0 bridgehead atoms. The van der Waals surface area contributed by atoms with Crippen LogP contribution in [0.25, 0.3) is 0 Å². The number of nitrogens with one attached hydrogen (secondary N) is 1. The summed E-state index contributed by atoms with van der Waals surface area (Å²) in [4.78, 5) is 24.7. The van der Waals surface area contributed by atoms with Gasteiger partial charge < -0.3 is 10.4 Å². The van der Waals surface area contributed by atoms with Gasteiger partial charge in [-0.25, -0.2) is 0 Å². The topological polar surface area (TPSA) is 69.6 Å². The number of aliphatic carboxylic acids is 1. The number of piperidine rings is 1. The second-order valence-electron chi connectivity index (χ2n) is 6.05. The number of hydrogen-bond donors (Lipinski definition) is 2. The summed E-state index contributed by atoms with van der Waals surface area (Å²) in [6.45, 7) is 4.28. The van der Waals surface area contributed by atoms with Crippen molar-refractivity contribution in [3.05, 3.63) is 0 Å². The molecule has 0 aromatic heterocycles. The first-order valence-corrected chi connectivity index (χ1v) is 7.28. The van der Waals surface area contributed by atoms with Crippen LogP contribution in [-0.4, -0.2) is 47.6 Å². The molecule has 2 unspecified atom stereocenters. The largest absolute Gasteiger partial charge is 0.481 e. The van der Waals surface area contributed by atoms with Gasteiger partial charge in [0, 0.05) is 19.0 Å². The van der Waals surface area contributed by atoms with Crippen molar-refractivity contribution in [2.75, 3.05) is 19.6 Å². The molecule has 2 atom stereocenters. The Morgan fingerprint density at radius 1 is 1.37 bits per heavy atom. The molecule has 1 amide bonds. The van der Waals surface area contributed by atoms with Crippen molar-refractivity contribution >= 4 is 11.9 Å². The zero-order chi connectivity index (χ0) is 13.8. The number of rotatable bonds is 6. The third-order valence-electron chi connectivity index (χ3n) is 4.15. The number of hydrogen-bond acceptors (Lipinski definition) is 3. The fourth-order valence-corrected chi connectivity index (χ4v) is 2.85. The van der Waals surface area contributed by atoms with Crippen LogP contribution >= 0.6 is 0 Å². The summed E-state index contributed by atoms with van der Waals surface area (Å²) in [5, 5.41) is 11.9. The van der Waals surface area contributed by atoms with Gasteiger partial charge in [-0.1, -0.05) is 6.92 Å². The van der Waals surface area contributed by atoms with Gasteiger partial charge in [-0.05, 0) is 44.1 Å². The van der Waals surface area contributed by atoms with E-state index in [9.17, 15) is 9.59 Å². The molecule has 0 aromatic rings. The quantitative estimate of drug-likeness (QED) is 0.756. The summed E-state index contributed by atoms with van der Waals surface area (Å²) in [5.41, 5.74) is 0. The molecule has 2 aliphatic rings. The maximum Gasteiger partial charge on any atom is 0.303 e. The van der Waals surface area contributed by atoms with Crippen LogP contribution in [-0.2, 0) is 9.59 Å². The Bertz CT molecular complexity index is 342. The lowest BCUT2D eigenvalue weighted by Crippen LogP contribution is -2.44. The number of carboxylic acid groups (broad SMARTS) is 1. The minimum absolute atomic E-state index is 0.119. The maximum atomic E-state index is 11.8. The Hall–Kier alpha value is -1.10. The van der Waals surface area contributed by atoms with Crippen molar-refractivity contribution in [2.45, 2.75) is 45.1 Å². The Morgan fingerprint density at radius 2 is 2.11 bits per heavy atom. The van der Waals surface area contributed by atoms with E-state index in [4.69, 9.17) is 5.11 Å². The van der Waals surface area contributed by atoms with Gasteiger partial charge in [0.05, 0.1) is 6.54 Å². The fraction of sp³-hybridized carbons (Fsp3) is 0.857. The normalized spacial score (nSPS) is 25.8. The molecular formula is C14H24N2O3. The van der Waals surface area contributed by atoms with Crippen LogP contribution in [0.5, 0.6) is 0 Å². The SMILES string of the molecule is CC(CC(=O)O)C1CCCN(CC(=O)NC2CC2)C1. The van der Waals surface area contributed by atoms with Gasteiger partial charge in [0.1, 0.15) is 0 Å². The number of carbonyl (C=O) groups is 2. The second-order valence-corrected chi connectivity index (χ2v) is 6.05. The van der Waals surface area contributed by atoms with Crippen LogP contribution in [0.2, 0.25) is 0 Å². The van der Waals surface area contributed by atoms with Gasteiger partial charge in [0.15, 0.2) is 0 Å². The molecule has 1 saturated carbocycles. The summed E-state index contributed by atoms with van der Waals surface area (Å²) < 4.78 is 0. The van der Waals surface area contributed by atoms with E-state index >= 15 is 0 Å². The monoisotopic (exact) mass is 268 g/mol. The first-order chi connectivity index (χ1) is 9.04. The standard InChI is InChI=1S/C14H24N2O3/c1-10(7-14(18)19)11-3-2-6-16(8-11)9-13(17)15-12-4-5-12/h10-12H,2-9H2,1H3,(H,15,17)(H,18,19). The molecule has 0 spiro atoms. The van der Waals surface area contributed by atoms with Gasteiger partial charge in [-0.3, -0.25) is 14.5 Å². The fourth-order valence-electron chi connectivity index (χ4n) is 2.85. The molecule has 1 aliphatic heterocycles. The Kier molecular flexibility index (Phi) is 4.80. The minimum atomic E-state index is -0.726. The van der Waals surface area contributed by atoms with Crippen molar-refractivity contribution in [1.29, 1.82) is 0 Å². The first kappa shape index (κ1) is 14.3. The number of amides is 1. The number of carbonyl (C=O) groups excluding carboxylic acids is 1. The first-order valence-electron chi connectivity index (χ1n) is 7.28. The molecule has 19 heavy (non-hydrogen) atoms. The molecule has 1 aliphatic carbocycles. The molecule has 2 N–H and O–H groups in total. The van der Waals surface area contributed by atoms with E-state index in [2.05, 4.69) is 10.2 Å². The van der Waals surface area contributed by atoms with E-state index < -0.39 is 5.97 Å². The molecule has 1 saturated heterocycles. The van der Waals surface area contributed by atoms with Crippen molar-refractivity contribution in [3.63, 3.8) is 0 Å². The summed E-state index contributed by atoms with van der Waals surface area (Å²) in [5.74, 6) is -0.0181. The van der Waals surface area contributed by atoms with E-state index in [0.29, 0.717) is 18.5 Å². The van der Waals surface area contributed by atoms with E-state index in [1.807, 2.05) is 6.92 Å².